The fourth-order valence-electron chi connectivity index (χ4n) is 2.35. The van der Waals surface area contributed by atoms with Gasteiger partial charge < -0.3 is 9.64 Å². The third kappa shape index (κ3) is 1.99. The standard InChI is InChI=1S/C14H17NO/c1-3-15-11-7-6-9-13(15)12-8-4-5-10-14(12)16-2/h1,4-5,8,10,13H,6-7,9,11H2,2H3. The van der Waals surface area contributed by atoms with Crippen molar-refractivity contribution in [3.8, 4) is 18.2 Å². The summed E-state index contributed by atoms with van der Waals surface area (Å²) >= 11 is 0. The third-order valence-electron chi connectivity index (χ3n) is 3.17. The van der Waals surface area contributed by atoms with Gasteiger partial charge in [-0.1, -0.05) is 24.6 Å². The number of likely N-dealkylation sites (tertiary alicyclic amines) is 1. The topological polar surface area (TPSA) is 12.5 Å². The van der Waals surface area contributed by atoms with E-state index >= 15 is 0 Å². The lowest BCUT2D eigenvalue weighted by Gasteiger charge is -2.33. The van der Waals surface area contributed by atoms with Gasteiger partial charge >= 0.3 is 0 Å². The molecule has 0 aliphatic carbocycles. The summed E-state index contributed by atoms with van der Waals surface area (Å²) in [5.74, 6) is 0.939. The zero-order valence-corrected chi connectivity index (χ0v) is 9.65. The van der Waals surface area contributed by atoms with Gasteiger partial charge in [-0.15, -0.1) is 0 Å². The van der Waals surface area contributed by atoms with Crippen LogP contribution in [0.25, 0.3) is 0 Å². The summed E-state index contributed by atoms with van der Waals surface area (Å²) in [5.41, 5.74) is 1.21. The Morgan fingerprint density at radius 2 is 2.19 bits per heavy atom. The van der Waals surface area contributed by atoms with Crippen molar-refractivity contribution in [1.29, 1.82) is 0 Å². The van der Waals surface area contributed by atoms with E-state index in [1.807, 2.05) is 18.2 Å². The van der Waals surface area contributed by atoms with E-state index in [9.17, 15) is 0 Å². The van der Waals surface area contributed by atoms with E-state index in [-0.39, 0.29) is 0 Å². The van der Waals surface area contributed by atoms with E-state index in [2.05, 4.69) is 17.0 Å². The molecule has 0 amide bonds. The smallest absolute Gasteiger partial charge is 0.124 e. The number of benzene rings is 1. The van der Waals surface area contributed by atoms with E-state index < -0.39 is 0 Å². The Bertz CT molecular complexity index is 394. The molecule has 1 aromatic carbocycles. The number of rotatable bonds is 2. The third-order valence-corrected chi connectivity index (χ3v) is 3.17. The van der Waals surface area contributed by atoms with Crippen LogP contribution in [-0.4, -0.2) is 18.6 Å². The highest BCUT2D eigenvalue weighted by molar-refractivity contribution is 5.36. The fourth-order valence-corrected chi connectivity index (χ4v) is 2.35. The second-order valence-electron chi connectivity index (χ2n) is 4.08. The van der Waals surface area contributed by atoms with Crippen LogP contribution in [0.15, 0.2) is 24.3 Å². The lowest BCUT2D eigenvalue weighted by molar-refractivity contribution is 0.225. The van der Waals surface area contributed by atoms with Gasteiger partial charge in [-0.25, -0.2) is 0 Å². The van der Waals surface area contributed by atoms with Crippen molar-refractivity contribution in [3.05, 3.63) is 29.8 Å². The Morgan fingerprint density at radius 1 is 1.38 bits per heavy atom. The van der Waals surface area contributed by atoms with Gasteiger partial charge in [0.25, 0.3) is 0 Å². The van der Waals surface area contributed by atoms with Crippen LogP contribution in [0.2, 0.25) is 0 Å². The van der Waals surface area contributed by atoms with Gasteiger partial charge in [-0.05, 0) is 25.3 Å². The molecule has 2 rings (SSSR count). The van der Waals surface area contributed by atoms with Crippen LogP contribution in [0.3, 0.4) is 0 Å². The normalized spacial score (nSPS) is 20.2. The highest BCUT2D eigenvalue weighted by atomic mass is 16.5. The molecule has 1 unspecified atom stereocenters. The number of methoxy groups -OCH3 is 1. The summed E-state index contributed by atoms with van der Waals surface area (Å²) in [6.45, 7) is 0.985. The predicted octanol–water partition coefficient (Wildman–Crippen LogP) is 2.81. The van der Waals surface area contributed by atoms with Crippen molar-refractivity contribution in [2.45, 2.75) is 25.3 Å². The van der Waals surface area contributed by atoms with Crippen LogP contribution >= 0.6 is 0 Å². The van der Waals surface area contributed by atoms with Crippen molar-refractivity contribution >= 4 is 0 Å². The number of hydrogen-bond acceptors (Lipinski definition) is 2. The number of piperidine rings is 1. The first kappa shape index (κ1) is 10.9. The summed E-state index contributed by atoms with van der Waals surface area (Å²) in [7, 11) is 1.71. The average Bonchev–Trinajstić information content (AvgIpc) is 2.38. The van der Waals surface area contributed by atoms with Crippen LogP contribution < -0.4 is 4.74 Å². The van der Waals surface area contributed by atoms with E-state index in [0.717, 1.165) is 18.7 Å². The monoisotopic (exact) mass is 215 g/mol. The van der Waals surface area contributed by atoms with E-state index in [0.29, 0.717) is 6.04 Å². The van der Waals surface area contributed by atoms with Crippen molar-refractivity contribution in [1.82, 2.24) is 4.90 Å². The molecule has 1 aliphatic heterocycles. The van der Waals surface area contributed by atoms with Crippen molar-refractivity contribution in [3.63, 3.8) is 0 Å². The first-order valence-corrected chi connectivity index (χ1v) is 5.72. The second kappa shape index (κ2) is 4.94. The SMILES string of the molecule is C#CN1CCCCC1c1ccccc1OC. The molecule has 1 aromatic rings. The lowest BCUT2D eigenvalue weighted by Crippen LogP contribution is -2.29. The lowest BCUT2D eigenvalue weighted by atomic mass is 9.95. The number of ether oxygens (including phenoxy) is 1. The Hall–Kier alpha value is -1.62. The molecule has 16 heavy (non-hydrogen) atoms. The molecule has 0 aromatic heterocycles. The summed E-state index contributed by atoms with van der Waals surface area (Å²) in [6, 6.07) is 11.2. The summed E-state index contributed by atoms with van der Waals surface area (Å²) < 4.78 is 5.40. The molecule has 2 heteroatoms. The maximum Gasteiger partial charge on any atom is 0.124 e. The molecule has 1 atom stereocenters. The Kier molecular flexibility index (Phi) is 3.36. The predicted molar refractivity (Wildman–Crippen MR) is 65.1 cm³/mol. The Morgan fingerprint density at radius 3 is 2.94 bits per heavy atom. The van der Waals surface area contributed by atoms with Gasteiger partial charge in [0.1, 0.15) is 5.75 Å². The molecule has 0 spiro atoms. The molecule has 1 aliphatic rings. The van der Waals surface area contributed by atoms with Gasteiger partial charge in [0.15, 0.2) is 0 Å². The highest BCUT2D eigenvalue weighted by Gasteiger charge is 2.24. The van der Waals surface area contributed by atoms with E-state index in [1.165, 1.54) is 18.4 Å². The van der Waals surface area contributed by atoms with Crippen LogP contribution in [-0.2, 0) is 0 Å². The molecule has 2 nitrogen and oxygen atoms in total. The van der Waals surface area contributed by atoms with E-state index in [4.69, 9.17) is 11.2 Å². The first-order valence-electron chi connectivity index (χ1n) is 5.72. The molecule has 1 heterocycles. The van der Waals surface area contributed by atoms with Gasteiger partial charge in [0, 0.05) is 18.2 Å². The molecular formula is C14H17NO. The zero-order valence-electron chi connectivity index (χ0n) is 9.65. The second-order valence-corrected chi connectivity index (χ2v) is 4.08. The number of nitrogens with zero attached hydrogens (tertiary/aromatic N) is 1. The maximum absolute atomic E-state index is 5.56. The van der Waals surface area contributed by atoms with E-state index in [1.54, 1.807) is 7.11 Å². The van der Waals surface area contributed by atoms with Gasteiger partial charge in [-0.3, -0.25) is 0 Å². The van der Waals surface area contributed by atoms with Crippen molar-refractivity contribution < 1.29 is 4.74 Å². The molecular weight excluding hydrogens is 198 g/mol. The summed E-state index contributed by atoms with van der Waals surface area (Å²) in [6.07, 6.45) is 9.10. The minimum atomic E-state index is 0.315. The van der Waals surface area contributed by atoms with Crippen LogP contribution in [0.1, 0.15) is 30.9 Å². The fraction of sp³-hybridized carbons (Fsp3) is 0.429. The van der Waals surface area contributed by atoms with Gasteiger partial charge in [-0.2, -0.15) is 0 Å². The molecule has 84 valence electrons. The summed E-state index contributed by atoms with van der Waals surface area (Å²) in [4.78, 5) is 2.08. The maximum atomic E-state index is 5.56. The molecule has 0 radical (unpaired) electrons. The number of hydrogen-bond donors (Lipinski definition) is 0. The minimum absolute atomic E-state index is 0.315. The average molecular weight is 215 g/mol. The van der Waals surface area contributed by atoms with Gasteiger partial charge in [0.05, 0.1) is 13.2 Å². The van der Waals surface area contributed by atoms with Crippen LogP contribution in [0.4, 0.5) is 0 Å². The molecule has 0 bridgehead atoms. The molecule has 1 saturated heterocycles. The highest BCUT2D eigenvalue weighted by Crippen LogP contribution is 2.35. The Labute approximate surface area is 97.2 Å². The van der Waals surface area contributed by atoms with Crippen molar-refractivity contribution in [2.24, 2.45) is 0 Å². The first-order chi connectivity index (χ1) is 7.86. The van der Waals surface area contributed by atoms with Crippen LogP contribution in [0.5, 0.6) is 5.75 Å². The van der Waals surface area contributed by atoms with Crippen molar-refractivity contribution in [2.75, 3.05) is 13.7 Å². The zero-order chi connectivity index (χ0) is 11.4. The largest absolute Gasteiger partial charge is 0.496 e. The quantitative estimate of drug-likeness (QED) is 0.703. The summed E-state index contributed by atoms with van der Waals surface area (Å²) in [5, 5.41) is 0. The number of terminal acetylenes is 1. The number of para-hydroxylation sites is 1. The minimum Gasteiger partial charge on any atom is -0.496 e. The van der Waals surface area contributed by atoms with Crippen LogP contribution in [0, 0.1) is 12.5 Å². The molecule has 0 saturated carbocycles. The Balaban J connectivity index is 2.31. The van der Waals surface area contributed by atoms with Gasteiger partial charge in [0.2, 0.25) is 0 Å². The molecule has 0 N–H and O–H groups in total. The molecule has 1 fully saturated rings.